The molecule has 2 aromatic carbocycles. The Morgan fingerprint density at radius 2 is 1.26 bits per heavy atom. The lowest BCUT2D eigenvalue weighted by molar-refractivity contribution is 0.0925. The summed E-state index contributed by atoms with van der Waals surface area (Å²) in [6, 6.07) is 15.8. The zero-order valence-corrected chi connectivity index (χ0v) is 12.1. The molecule has 0 radical (unpaired) electrons. The van der Waals surface area contributed by atoms with Crippen LogP contribution < -0.4 is 4.90 Å². The number of hydrogen-bond donors (Lipinski definition) is 0. The third kappa shape index (κ3) is 2.25. The van der Waals surface area contributed by atoms with Gasteiger partial charge in [-0.3, -0.25) is 9.59 Å². The maximum atomic E-state index is 12.7. The largest absolute Gasteiger partial charge is 0.268 e. The van der Waals surface area contributed by atoms with Gasteiger partial charge in [-0.15, -0.1) is 0 Å². The van der Waals surface area contributed by atoms with Crippen molar-refractivity contribution < 1.29 is 9.59 Å². The monoisotopic (exact) mass is 301 g/mol. The Balaban J connectivity index is 2.20. The van der Waals surface area contributed by atoms with Crippen LogP contribution in [0, 0.1) is 22.7 Å². The van der Waals surface area contributed by atoms with Gasteiger partial charge in [0.15, 0.2) is 0 Å². The molecule has 0 saturated heterocycles. The van der Waals surface area contributed by atoms with E-state index in [0.717, 1.165) is 4.90 Å². The number of anilines is 1. The molecule has 1 heterocycles. The molecule has 0 unspecified atom stereocenters. The van der Waals surface area contributed by atoms with Crippen molar-refractivity contribution in [3.63, 3.8) is 0 Å². The molecule has 1 aliphatic rings. The Morgan fingerprint density at radius 3 is 1.70 bits per heavy atom. The second kappa shape index (κ2) is 5.75. The Morgan fingerprint density at radius 1 is 0.783 bits per heavy atom. The lowest BCUT2D eigenvalue weighted by atomic mass is 10.0. The van der Waals surface area contributed by atoms with Gasteiger partial charge < -0.3 is 0 Å². The van der Waals surface area contributed by atoms with Gasteiger partial charge >= 0.3 is 0 Å². The number of rotatable bonds is 3. The molecule has 2 aromatic rings. The summed E-state index contributed by atoms with van der Waals surface area (Å²) in [5, 5.41) is 18.0. The number of carbonyl (C=O) groups is 2. The van der Waals surface area contributed by atoms with Crippen LogP contribution in [-0.2, 0) is 12.8 Å². The van der Waals surface area contributed by atoms with Gasteiger partial charge in [-0.1, -0.05) is 30.3 Å². The van der Waals surface area contributed by atoms with Crippen molar-refractivity contribution in [2.24, 2.45) is 0 Å². The molecule has 0 aliphatic carbocycles. The van der Waals surface area contributed by atoms with Crippen LogP contribution in [0.25, 0.3) is 0 Å². The second-order valence-corrected chi connectivity index (χ2v) is 5.09. The molecular weight excluding hydrogens is 290 g/mol. The molecule has 0 aromatic heterocycles. The van der Waals surface area contributed by atoms with E-state index < -0.39 is 11.8 Å². The highest BCUT2D eigenvalue weighted by Crippen LogP contribution is 2.34. The van der Waals surface area contributed by atoms with Crippen molar-refractivity contribution in [1.29, 1.82) is 10.5 Å². The van der Waals surface area contributed by atoms with Gasteiger partial charge in [-0.05, 0) is 23.3 Å². The Bertz CT molecular complexity index is 834. The normalized spacial score (nSPS) is 12.7. The first kappa shape index (κ1) is 14.5. The van der Waals surface area contributed by atoms with E-state index >= 15 is 0 Å². The first-order valence-corrected chi connectivity index (χ1v) is 7.01. The van der Waals surface area contributed by atoms with Crippen molar-refractivity contribution in [2.45, 2.75) is 12.8 Å². The number of amides is 2. The van der Waals surface area contributed by atoms with Crippen LogP contribution >= 0.6 is 0 Å². The van der Waals surface area contributed by atoms with E-state index in [2.05, 4.69) is 0 Å². The van der Waals surface area contributed by atoms with Crippen LogP contribution in [0.2, 0.25) is 0 Å². The fraction of sp³-hybridized carbons (Fsp3) is 0.111. The highest BCUT2D eigenvalue weighted by atomic mass is 16.2. The van der Waals surface area contributed by atoms with Crippen LogP contribution in [0.5, 0.6) is 0 Å². The number of nitriles is 2. The third-order valence-corrected chi connectivity index (χ3v) is 3.76. The molecule has 1 aliphatic heterocycles. The van der Waals surface area contributed by atoms with Gasteiger partial charge in [0.25, 0.3) is 11.8 Å². The number of imide groups is 1. The molecule has 0 fully saturated rings. The third-order valence-electron chi connectivity index (χ3n) is 3.76. The molecule has 110 valence electrons. The van der Waals surface area contributed by atoms with E-state index in [9.17, 15) is 9.59 Å². The van der Waals surface area contributed by atoms with Crippen molar-refractivity contribution in [1.82, 2.24) is 0 Å². The Labute approximate surface area is 133 Å². The molecule has 0 N–H and O–H groups in total. The van der Waals surface area contributed by atoms with Gasteiger partial charge in [0.1, 0.15) is 0 Å². The van der Waals surface area contributed by atoms with E-state index in [1.807, 2.05) is 12.1 Å². The molecule has 0 saturated carbocycles. The second-order valence-electron chi connectivity index (χ2n) is 5.09. The first-order chi connectivity index (χ1) is 11.2. The summed E-state index contributed by atoms with van der Waals surface area (Å²) in [5.41, 5.74) is 2.17. The highest BCUT2D eigenvalue weighted by molar-refractivity contribution is 6.34. The number of hydrogen-bond acceptors (Lipinski definition) is 4. The summed E-state index contributed by atoms with van der Waals surface area (Å²) in [5.74, 6) is -0.842. The van der Waals surface area contributed by atoms with E-state index in [1.54, 1.807) is 42.5 Å². The zero-order chi connectivity index (χ0) is 16.4. The number of para-hydroxylation sites is 1. The molecule has 23 heavy (non-hydrogen) atoms. The average molecular weight is 301 g/mol. The van der Waals surface area contributed by atoms with Crippen molar-refractivity contribution in [3.05, 3.63) is 64.7 Å². The van der Waals surface area contributed by atoms with E-state index in [1.165, 1.54) is 0 Å². The maximum absolute atomic E-state index is 12.7. The van der Waals surface area contributed by atoms with Crippen molar-refractivity contribution in [2.75, 3.05) is 4.90 Å². The molecule has 0 atom stereocenters. The molecular formula is C18H11N3O2. The minimum Gasteiger partial charge on any atom is -0.268 e. The number of nitrogens with zero attached hydrogens (tertiary/aromatic N) is 3. The number of fused-ring (bicyclic) bond motifs is 1. The van der Waals surface area contributed by atoms with Gasteiger partial charge in [-0.25, -0.2) is 4.90 Å². The van der Waals surface area contributed by atoms with Crippen molar-refractivity contribution >= 4 is 17.5 Å². The van der Waals surface area contributed by atoms with Crippen molar-refractivity contribution in [3.8, 4) is 12.1 Å². The molecule has 2 amide bonds. The fourth-order valence-corrected chi connectivity index (χ4v) is 2.78. The molecule has 5 nitrogen and oxygen atoms in total. The predicted molar refractivity (Wildman–Crippen MR) is 82.7 cm³/mol. The van der Waals surface area contributed by atoms with Gasteiger partial charge in [0.2, 0.25) is 0 Å². The highest BCUT2D eigenvalue weighted by Gasteiger charge is 2.38. The predicted octanol–water partition coefficient (Wildman–Crippen LogP) is 2.62. The minimum absolute atomic E-state index is 0.0575. The summed E-state index contributed by atoms with van der Waals surface area (Å²) in [7, 11) is 0. The van der Waals surface area contributed by atoms with Crippen LogP contribution in [0.3, 0.4) is 0 Å². The molecule has 0 bridgehead atoms. The first-order valence-electron chi connectivity index (χ1n) is 7.01. The van der Waals surface area contributed by atoms with Crippen LogP contribution in [0.4, 0.5) is 5.69 Å². The van der Waals surface area contributed by atoms with E-state index in [-0.39, 0.29) is 12.8 Å². The van der Waals surface area contributed by atoms with E-state index in [0.29, 0.717) is 27.9 Å². The van der Waals surface area contributed by atoms with Gasteiger partial charge in [-0.2, -0.15) is 10.5 Å². The quantitative estimate of drug-likeness (QED) is 0.816. The Kier molecular flexibility index (Phi) is 3.62. The lowest BCUT2D eigenvalue weighted by Gasteiger charge is -2.20. The smallest absolute Gasteiger partial charge is 0.266 e. The van der Waals surface area contributed by atoms with Crippen LogP contribution in [0.15, 0.2) is 42.5 Å². The average Bonchev–Trinajstić information content (AvgIpc) is 2.81. The van der Waals surface area contributed by atoms with Gasteiger partial charge in [0.05, 0.1) is 41.8 Å². The zero-order valence-electron chi connectivity index (χ0n) is 12.1. The SMILES string of the molecule is N#CCc1cccc(CC#N)c1N1C(=O)c2ccccc2C1=O. The summed E-state index contributed by atoms with van der Waals surface area (Å²) < 4.78 is 0. The van der Waals surface area contributed by atoms with Crippen LogP contribution in [-0.4, -0.2) is 11.8 Å². The fourth-order valence-electron chi connectivity index (χ4n) is 2.78. The number of benzene rings is 2. The summed E-state index contributed by atoms with van der Waals surface area (Å²) >= 11 is 0. The minimum atomic E-state index is -0.421. The van der Waals surface area contributed by atoms with Crippen LogP contribution in [0.1, 0.15) is 31.8 Å². The molecule has 5 heteroatoms. The van der Waals surface area contributed by atoms with E-state index in [4.69, 9.17) is 10.5 Å². The summed E-state index contributed by atoms with van der Waals surface area (Å²) in [6.07, 6.45) is 0.115. The lowest BCUT2D eigenvalue weighted by Crippen LogP contribution is -2.31. The van der Waals surface area contributed by atoms with Gasteiger partial charge in [0, 0.05) is 0 Å². The Hall–Kier alpha value is -3.44. The maximum Gasteiger partial charge on any atom is 0.266 e. The molecule has 3 rings (SSSR count). The number of carbonyl (C=O) groups excluding carboxylic acids is 2. The summed E-state index contributed by atoms with van der Waals surface area (Å²) in [4.78, 5) is 26.4. The standard InChI is InChI=1S/C18H11N3O2/c19-10-8-12-4-3-5-13(9-11-20)16(12)21-17(22)14-6-1-2-7-15(14)18(21)23/h1-7H,8-9H2. The molecule has 0 spiro atoms. The topological polar surface area (TPSA) is 85.0 Å². The summed E-state index contributed by atoms with van der Waals surface area (Å²) in [6.45, 7) is 0.